The van der Waals surface area contributed by atoms with Crippen LogP contribution in [0.2, 0.25) is 0 Å². The van der Waals surface area contributed by atoms with E-state index in [1.165, 1.54) is 0 Å². The summed E-state index contributed by atoms with van der Waals surface area (Å²) in [5.74, 6) is 0. The van der Waals surface area contributed by atoms with Gasteiger partial charge in [-0.05, 0) is 6.42 Å². The zero-order chi connectivity index (χ0) is 19.9. The van der Waals surface area contributed by atoms with E-state index >= 15 is 0 Å². The molecule has 1 aliphatic heterocycles. The van der Waals surface area contributed by atoms with Crippen LogP contribution in [0, 0.1) is 0 Å². The van der Waals surface area contributed by atoms with E-state index in [0.29, 0.717) is 33.0 Å². The Bertz CT molecular complexity index is 385. The molecule has 1 fully saturated rings. The molecule has 0 aromatic rings. The Morgan fingerprint density at radius 3 is 2.22 bits per heavy atom. The topological polar surface area (TPSA) is 139 Å². The second-order valence-electron chi connectivity index (χ2n) is 6.05. The minimum Gasteiger partial charge on any atom is -0.443 e. The van der Waals surface area contributed by atoms with Gasteiger partial charge >= 0.3 is 6.09 Å². The molecule has 0 aromatic carbocycles. The summed E-state index contributed by atoms with van der Waals surface area (Å²) in [7, 11) is 0. The maximum absolute atomic E-state index is 10.9. The van der Waals surface area contributed by atoms with E-state index in [0.717, 1.165) is 19.4 Å². The van der Waals surface area contributed by atoms with Crippen molar-refractivity contribution in [2.75, 3.05) is 52.9 Å². The molecule has 160 valence electrons. The summed E-state index contributed by atoms with van der Waals surface area (Å²) < 4.78 is 31.9. The van der Waals surface area contributed by atoms with Crippen LogP contribution in [-0.4, -0.2) is 93.8 Å². The van der Waals surface area contributed by atoms with E-state index < -0.39 is 37.3 Å². The maximum atomic E-state index is 10.9. The number of nitrogens with two attached hydrogens (primary N) is 1. The summed E-state index contributed by atoms with van der Waals surface area (Å²) in [6.07, 6.45) is -2.44. The average Bonchev–Trinajstić information content (AvgIpc) is 2.64. The summed E-state index contributed by atoms with van der Waals surface area (Å²) in [6.45, 7) is 5.00. The maximum Gasteiger partial charge on any atom is 0.404 e. The molecular formula is C17H33NO9. The predicted molar refractivity (Wildman–Crippen MR) is 94.1 cm³/mol. The second-order valence-corrected chi connectivity index (χ2v) is 6.05. The molecule has 10 nitrogen and oxygen atoms in total. The van der Waals surface area contributed by atoms with Crippen molar-refractivity contribution in [1.82, 2.24) is 0 Å². The zero-order valence-electron chi connectivity index (χ0n) is 15.9. The van der Waals surface area contributed by atoms with Crippen LogP contribution in [0.1, 0.15) is 26.2 Å². The predicted octanol–water partition coefficient (Wildman–Crippen LogP) is -0.215. The third kappa shape index (κ3) is 10.8. The second kappa shape index (κ2) is 15.0. The van der Waals surface area contributed by atoms with E-state index in [-0.39, 0.29) is 13.0 Å². The van der Waals surface area contributed by atoms with Crippen LogP contribution in [0.5, 0.6) is 0 Å². The normalized spacial score (nSPS) is 25.4. The third-order valence-electron chi connectivity index (χ3n) is 3.88. The first-order valence-corrected chi connectivity index (χ1v) is 9.33. The number of rotatable bonds is 15. The Kier molecular flexibility index (Phi) is 13.3. The van der Waals surface area contributed by atoms with E-state index in [4.69, 9.17) is 34.2 Å². The molecule has 0 aliphatic carbocycles. The molecule has 0 bridgehead atoms. The van der Waals surface area contributed by atoms with Crippen LogP contribution in [0.3, 0.4) is 0 Å². The van der Waals surface area contributed by atoms with Crippen LogP contribution in [0.25, 0.3) is 0 Å². The van der Waals surface area contributed by atoms with Crippen LogP contribution in [-0.2, 0) is 28.4 Å². The minimum atomic E-state index is -1.17. The lowest BCUT2D eigenvalue weighted by Gasteiger charge is -2.37. The molecule has 10 heteroatoms. The summed E-state index contributed by atoms with van der Waals surface area (Å²) in [4.78, 5) is 10.9. The monoisotopic (exact) mass is 395 g/mol. The molecular weight excluding hydrogens is 362 g/mol. The molecule has 1 rings (SSSR count). The molecule has 4 unspecified atom stereocenters. The molecule has 0 spiro atoms. The standard InChI is InChI=1S/C17H33NO9/c1-2-3-4-22-5-6-23-7-8-24-9-10-25-15-11-13(27-17(18)21)16(20)14(12-19)26-15/h13-16,19-20H,2-12H2,1H3,(H2,18,21). The number of unbranched alkanes of at least 4 members (excludes halogenated alkanes) is 1. The van der Waals surface area contributed by atoms with Gasteiger partial charge in [0.05, 0.1) is 46.2 Å². The Labute approximate surface area is 159 Å². The van der Waals surface area contributed by atoms with Crippen molar-refractivity contribution in [3.05, 3.63) is 0 Å². The third-order valence-corrected chi connectivity index (χ3v) is 3.88. The van der Waals surface area contributed by atoms with Gasteiger partial charge in [0.1, 0.15) is 18.3 Å². The SMILES string of the molecule is CCCCOCCOCCOCCOC1CC(OC(N)=O)C(O)C(CO)O1. The van der Waals surface area contributed by atoms with Gasteiger partial charge in [0.25, 0.3) is 0 Å². The van der Waals surface area contributed by atoms with Crippen LogP contribution in [0.4, 0.5) is 4.79 Å². The molecule has 1 amide bonds. The molecule has 1 aliphatic rings. The van der Waals surface area contributed by atoms with Gasteiger partial charge < -0.3 is 44.4 Å². The number of primary amides is 1. The van der Waals surface area contributed by atoms with Crippen molar-refractivity contribution in [2.24, 2.45) is 5.73 Å². The van der Waals surface area contributed by atoms with Crippen molar-refractivity contribution in [3.63, 3.8) is 0 Å². The Morgan fingerprint density at radius 2 is 1.67 bits per heavy atom. The smallest absolute Gasteiger partial charge is 0.404 e. The highest BCUT2D eigenvalue weighted by atomic mass is 16.7. The molecule has 4 atom stereocenters. The van der Waals surface area contributed by atoms with E-state index in [2.05, 4.69) is 6.92 Å². The van der Waals surface area contributed by atoms with Gasteiger partial charge in [-0.2, -0.15) is 0 Å². The lowest BCUT2D eigenvalue weighted by atomic mass is 10.0. The Balaban J connectivity index is 2.06. The molecule has 1 saturated heterocycles. The molecule has 1 heterocycles. The fourth-order valence-electron chi connectivity index (χ4n) is 2.45. The number of aliphatic hydroxyl groups is 2. The largest absolute Gasteiger partial charge is 0.443 e. The van der Waals surface area contributed by atoms with Gasteiger partial charge in [0, 0.05) is 13.0 Å². The van der Waals surface area contributed by atoms with Gasteiger partial charge in [-0.3, -0.25) is 0 Å². The fraction of sp³-hybridized carbons (Fsp3) is 0.941. The molecule has 4 N–H and O–H groups in total. The number of carbonyl (C=O) groups is 1. The highest BCUT2D eigenvalue weighted by molar-refractivity contribution is 5.64. The average molecular weight is 395 g/mol. The van der Waals surface area contributed by atoms with Crippen molar-refractivity contribution >= 4 is 6.09 Å². The Morgan fingerprint density at radius 1 is 1.07 bits per heavy atom. The molecule has 0 radical (unpaired) electrons. The molecule has 27 heavy (non-hydrogen) atoms. The van der Waals surface area contributed by atoms with E-state index in [1.54, 1.807) is 0 Å². The van der Waals surface area contributed by atoms with Gasteiger partial charge in [-0.1, -0.05) is 13.3 Å². The van der Waals surface area contributed by atoms with Crippen LogP contribution in [0.15, 0.2) is 0 Å². The van der Waals surface area contributed by atoms with Gasteiger partial charge in [-0.25, -0.2) is 4.79 Å². The summed E-state index contributed by atoms with van der Waals surface area (Å²) in [5, 5.41) is 19.2. The minimum absolute atomic E-state index is 0.113. The van der Waals surface area contributed by atoms with E-state index in [9.17, 15) is 15.0 Å². The summed E-state index contributed by atoms with van der Waals surface area (Å²) in [6, 6.07) is 0. The molecule has 0 aromatic heterocycles. The van der Waals surface area contributed by atoms with Crippen molar-refractivity contribution in [2.45, 2.75) is 50.8 Å². The lowest BCUT2D eigenvalue weighted by Crippen LogP contribution is -2.52. The Hall–Kier alpha value is -1.01. The van der Waals surface area contributed by atoms with Gasteiger partial charge in [0.15, 0.2) is 6.29 Å². The highest BCUT2D eigenvalue weighted by Crippen LogP contribution is 2.23. The van der Waals surface area contributed by atoms with Gasteiger partial charge in [0.2, 0.25) is 0 Å². The van der Waals surface area contributed by atoms with Gasteiger partial charge in [-0.15, -0.1) is 0 Å². The summed E-state index contributed by atoms with van der Waals surface area (Å²) in [5.41, 5.74) is 4.98. The number of ether oxygens (including phenoxy) is 6. The first-order chi connectivity index (χ1) is 13.1. The van der Waals surface area contributed by atoms with E-state index in [1.807, 2.05) is 0 Å². The quantitative estimate of drug-likeness (QED) is 0.321. The first-order valence-electron chi connectivity index (χ1n) is 9.33. The zero-order valence-corrected chi connectivity index (χ0v) is 15.9. The summed E-state index contributed by atoms with van der Waals surface area (Å²) >= 11 is 0. The van der Waals surface area contributed by atoms with Crippen molar-refractivity contribution < 1.29 is 43.4 Å². The van der Waals surface area contributed by atoms with Crippen molar-refractivity contribution in [3.8, 4) is 0 Å². The van der Waals surface area contributed by atoms with Crippen LogP contribution >= 0.6 is 0 Å². The highest BCUT2D eigenvalue weighted by Gasteiger charge is 2.39. The van der Waals surface area contributed by atoms with Crippen LogP contribution < -0.4 is 5.73 Å². The lowest BCUT2D eigenvalue weighted by molar-refractivity contribution is -0.258. The number of amides is 1. The number of hydrogen-bond donors (Lipinski definition) is 3. The molecule has 0 saturated carbocycles. The first kappa shape index (κ1) is 24.0. The number of hydrogen-bond acceptors (Lipinski definition) is 9. The number of carbonyl (C=O) groups excluding carboxylic acids is 1. The fourth-order valence-corrected chi connectivity index (χ4v) is 2.45. The van der Waals surface area contributed by atoms with Crippen molar-refractivity contribution in [1.29, 1.82) is 0 Å². The number of aliphatic hydroxyl groups excluding tert-OH is 2.